The van der Waals surface area contributed by atoms with Crippen molar-refractivity contribution in [1.82, 2.24) is 9.78 Å². The van der Waals surface area contributed by atoms with Crippen LogP contribution in [0.15, 0.2) is 35.2 Å². The van der Waals surface area contributed by atoms with Gasteiger partial charge in [0.1, 0.15) is 5.82 Å². The Morgan fingerprint density at radius 2 is 2.05 bits per heavy atom. The first kappa shape index (κ1) is 14.1. The van der Waals surface area contributed by atoms with Crippen LogP contribution in [0.3, 0.4) is 0 Å². The molecule has 0 radical (unpaired) electrons. The summed E-state index contributed by atoms with van der Waals surface area (Å²) in [5, 5.41) is 12.9. The molecule has 0 bridgehead atoms. The number of benzene rings is 1. The largest absolute Gasteiger partial charge is 0.478 e. The number of hydrogen-bond acceptors (Lipinski definition) is 4. The Labute approximate surface area is 115 Å². The first-order valence-corrected chi connectivity index (χ1v) is 7.15. The van der Waals surface area contributed by atoms with Crippen LogP contribution in [0.25, 0.3) is 0 Å². The van der Waals surface area contributed by atoms with Crippen LogP contribution in [0.2, 0.25) is 0 Å². The van der Waals surface area contributed by atoms with Crippen LogP contribution in [0, 0.1) is 6.92 Å². The van der Waals surface area contributed by atoms with E-state index in [1.807, 2.05) is 0 Å². The third-order valence-corrected chi connectivity index (χ3v) is 3.98. The Hall–Kier alpha value is -2.35. The van der Waals surface area contributed by atoms with Crippen molar-refractivity contribution in [2.75, 3.05) is 4.72 Å². The van der Waals surface area contributed by atoms with E-state index in [2.05, 4.69) is 9.82 Å². The number of aromatic carboxylic acids is 1. The van der Waals surface area contributed by atoms with Gasteiger partial charge in [0.05, 0.1) is 16.2 Å². The van der Waals surface area contributed by atoms with Gasteiger partial charge >= 0.3 is 5.97 Å². The molecular formula is C12H13N3O4S. The quantitative estimate of drug-likeness (QED) is 0.883. The molecule has 106 valence electrons. The number of rotatable bonds is 4. The molecule has 0 spiro atoms. The molecule has 0 unspecified atom stereocenters. The third-order valence-electron chi connectivity index (χ3n) is 2.63. The van der Waals surface area contributed by atoms with E-state index in [1.54, 1.807) is 20.0 Å². The van der Waals surface area contributed by atoms with Gasteiger partial charge in [0.15, 0.2) is 0 Å². The summed E-state index contributed by atoms with van der Waals surface area (Å²) in [6.45, 7) is 1.74. The fraction of sp³-hybridized carbons (Fsp3) is 0.167. The smallest absolute Gasteiger partial charge is 0.335 e. The maximum atomic E-state index is 12.2. The van der Waals surface area contributed by atoms with Gasteiger partial charge < -0.3 is 5.11 Å². The molecule has 1 heterocycles. The predicted octanol–water partition coefficient (Wildman–Crippen LogP) is 1.23. The van der Waals surface area contributed by atoms with Crippen LogP contribution < -0.4 is 4.72 Å². The molecule has 8 heteroatoms. The molecule has 1 aromatic carbocycles. The lowest BCUT2D eigenvalue weighted by atomic mass is 10.2. The normalized spacial score (nSPS) is 11.3. The fourth-order valence-electron chi connectivity index (χ4n) is 1.70. The van der Waals surface area contributed by atoms with E-state index in [-0.39, 0.29) is 10.5 Å². The van der Waals surface area contributed by atoms with Gasteiger partial charge in [-0.15, -0.1) is 0 Å². The zero-order chi connectivity index (χ0) is 14.9. The Morgan fingerprint density at radius 1 is 1.35 bits per heavy atom. The van der Waals surface area contributed by atoms with Gasteiger partial charge in [-0.3, -0.25) is 9.40 Å². The van der Waals surface area contributed by atoms with Crippen molar-refractivity contribution >= 4 is 21.8 Å². The maximum absolute atomic E-state index is 12.2. The molecule has 20 heavy (non-hydrogen) atoms. The van der Waals surface area contributed by atoms with Gasteiger partial charge in [-0.25, -0.2) is 13.2 Å². The van der Waals surface area contributed by atoms with Crippen molar-refractivity contribution < 1.29 is 18.3 Å². The third kappa shape index (κ3) is 2.80. The molecule has 2 N–H and O–H groups in total. The predicted molar refractivity (Wildman–Crippen MR) is 72.2 cm³/mol. The lowest BCUT2D eigenvalue weighted by Crippen LogP contribution is -2.16. The molecule has 0 saturated carbocycles. The van der Waals surface area contributed by atoms with Gasteiger partial charge in [-0.05, 0) is 25.1 Å². The summed E-state index contributed by atoms with van der Waals surface area (Å²) in [5.41, 5.74) is 0.582. The molecule has 7 nitrogen and oxygen atoms in total. The van der Waals surface area contributed by atoms with Crippen molar-refractivity contribution in [3.63, 3.8) is 0 Å². The SMILES string of the molecule is Cc1cc(NS(=O)(=O)c2cccc(C(=O)O)c2)n(C)n1. The molecule has 0 aliphatic carbocycles. The van der Waals surface area contributed by atoms with Gasteiger partial charge in [-0.1, -0.05) is 6.07 Å². The Balaban J connectivity index is 2.38. The standard InChI is InChI=1S/C12H13N3O4S/c1-8-6-11(15(2)13-8)14-20(18,19)10-5-3-4-9(7-10)12(16)17/h3-7,14H,1-2H3,(H,16,17). The summed E-state index contributed by atoms with van der Waals surface area (Å²) in [5.74, 6) is -0.873. The highest BCUT2D eigenvalue weighted by Crippen LogP contribution is 2.17. The van der Waals surface area contributed by atoms with E-state index < -0.39 is 16.0 Å². The number of nitrogens with one attached hydrogen (secondary N) is 1. The van der Waals surface area contributed by atoms with Crippen LogP contribution in [0.1, 0.15) is 16.1 Å². The molecule has 1 aromatic heterocycles. The van der Waals surface area contributed by atoms with E-state index in [4.69, 9.17) is 5.11 Å². The van der Waals surface area contributed by atoms with E-state index in [9.17, 15) is 13.2 Å². The average molecular weight is 295 g/mol. The second-order valence-corrected chi connectivity index (χ2v) is 5.92. The summed E-state index contributed by atoms with van der Waals surface area (Å²) in [6.07, 6.45) is 0. The van der Waals surface area contributed by atoms with Crippen LogP contribution in [0.4, 0.5) is 5.82 Å². The number of nitrogens with zero attached hydrogens (tertiary/aromatic N) is 2. The van der Waals surface area contributed by atoms with Gasteiger partial charge in [0.25, 0.3) is 10.0 Å². The Kier molecular flexibility index (Phi) is 3.49. The monoisotopic (exact) mass is 295 g/mol. The summed E-state index contributed by atoms with van der Waals surface area (Å²) in [6, 6.07) is 6.73. The molecular weight excluding hydrogens is 282 g/mol. The second-order valence-electron chi connectivity index (χ2n) is 4.23. The zero-order valence-corrected chi connectivity index (χ0v) is 11.7. The van der Waals surface area contributed by atoms with Crippen molar-refractivity contribution in [2.45, 2.75) is 11.8 Å². The summed E-state index contributed by atoms with van der Waals surface area (Å²) in [7, 11) is -2.24. The first-order chi connectivity index (χ1) is 9.29. The lowest BCUT2D eigenvalue weighted by molar-refractivity contribution is 0.0696. The van der Waals surface area contributed by atoms with Crippen LogP contribution in [0.5, 0.6) is 0 Å². The van der Waals surface area contributed by atoms with E-state index in [1.165, 1.54) is 22.9 Å². The molecule has 0 fully saturated rings. The lowest BCUT2D eigenvalue weighted by Gasteiger charge is -2.08. The van der Waals surface area contributed by atoms with E-state index in [0.29, 0.717) is 11.5 Å². The molecule has 2 rings (SSSR count). The molecule has 0 aliphatic rings. The van der Waals surface area contributed by atoms with Crippen molar-refractivity contribution in [1.29, 1.82) is 0 Å². The minimum Gasteiger partial charge on any atom is -0.478 e. The van der Waals surface area contributed by atoms with Gasteiger partial charge in [0.2, 0.25) is 0 Å². The van der Waals surface area contributed by atoms with Crippen LogP contribution >= 0.6 is 0 Å². The maximum Gasteiger partial charge on any atom is 0.335 e. The van der Waals surface area contributed by atoms with Gasteiger partial charge in [0, 0.05) is 13.1 Å². The number of hydrogen-bond donors (Lipinski definition) is 2. The van der Waals surface area contributed by atoms with Crippen molar-refractivity contribution in [2.24, 2.45) is 7.05 Å². The highest BCUT2D eigenvalue weighted by atomic mass is 32.2. The number of carboxylic acids is 1. The molecule has 0 amide bonds. The average Bonchev–Trinajstić information content (AvgIpc) is 2.67. The number of aromatic nitrogens is 2. The van der Waals surface area contributed by atoms with Gasteiger partial charge in [-0.2, -0.15) is 5.10 Å². The molecule has 0 saturated heterocycles. The molecule has 0 atom stereocenters. The minimum atomic E-state index is -3.85. The summed E-state index contributed by atoms with van der Waals surface area (Å²) in [4.78, 5) is 10.8. The Morgan fingerprint density at radius 3 is 2.60 bits per heavy atom. The highest BCUT2D eigenvalue weighted by molar-refractivity contribution is 7.92. The molecule has 2 aromatic rings. The van der Waals surface area contributed by atoms with Crippen molar-refractivity contribution in [3.05, 3.63) is 41.6 Å². The molecule has 0 aliphatic heterocycles. The minimum absolute atomic E-state index is 0.0888. The highest BCUT2D eigenvalue weighted by Gasteiger charge is 2.18. The van der Waals surface area contributed by atoms with Crippen molar-refractivity contribution in [3.8, 4) is 0 Å². The first-order valence-electron chi connectivity index (χ1n) is 5.66. The van der Waals surface area contributed by atoms with Crippen LogP contribution in [-0.2, 0) is 17.1 Å². The summed E-state index contributed by atoms with van der Waals surface area (Å²) >= 11 is 0. The number of sulfonamides is 1. The van der Waals surface area contributed by atoms with Crippen LogP contribution in [-0.4, -0.2) is 29.3 Å². The van der Waals surface area contributed by atoms with E-state index in [0.717, 1.165) is 6.07 Å². The Bertz CT molecular complexity index is 765. The summed E-state index contributed by atoms with van der Waals surface area (Å²) < 4.78 is 28.2. The zero-order valence-electron chi connectivity index (χ0n) is 10.9. The topological polar surface area (TPSA) is 101 Å². The number of carboxylic acid groups (broad SMARTS) is 1. The van der Waals surface area contributed by atoms with E-state index >= 15 is 0 Å². The number of anilines is 1. The fourth-order valence-corrected chi connectivity index (χ4v) is 2.82. The second kappa shape index (κ2) is 4.97. The number of aryl methyl sites for hydroxylation is 2. The number of carbonyl (C=O) groups is 1.